The Bertz CT molecular complexity index is 661. The molecule has 0 spiro atoms. The molecular weight excluding hydrogens is 346 g/mol. The Hall–Kier alpha value is -1.72. The number of hydrogen-bond acceptors (Lipinski definition) is 3. The molecule has 0 aliphatic heterocycles. The van der Waals surface area contributed by atoms with Crippen molar-refractivity contribution in [2.24, 2.45) is 0 Å². The first-order chi connectivity index (χ1) is 9.51. The second-order valence-electron chi connectivity index (χ2n) is 3.96. The molecule has 0 saturated heterocycles. The monoisotopic (exact) mass is 355 g/mol. The summed E-state index contributed by atoms with van der Waals surface area (Å²) in [5.41, 5.74) is 0.574. The Morgan fingerprint density at radius 2 is 2.05 bits per heavy atom. The molecule has 2 N–H and O–H groups in total. The summed E-state index contributed by atoms with van der Waals surface area (Å²) in [7, 11) is 1.49. The van der Waals surface area contributed by atoms with Crippen molar-refractivity contribution in [2.75, 3.05) is 12.4 Å². The van der Waals surface area contributed by atoms with E-state index >= 15 is 0 Å². The van der Waals surface area contributed by atoms with Crippen molar-refractivity contribution >= 4 is 39.1 Å². The van der Waals surface area contributed by atoms with Gasteiger partial charge >= 0.3 is 0 Å². The van der Waals surface area contributed by atoms with E-state index in [0.717, 1.165) is 4.47 Å². The van der Waals surface area contributed by atoms with Crippen LogP contribution in [0.2, 0.25) is 5.02 Å². The first-order valence-corrected chi connectivity index (χ1v) is 6.82. The number of anilines is 1. The molecule has 0 atom stereocenters. The van der Waals surface area contributed by atoms with Crippen LogP contribution in [0.15, 0.2) is 40.9 Å². The highest BCUT2D eigenvalue weighted by Crippen LogP contribution is 2.28. The van der Waals surface area contributed by atoms with Crippen LogP contribution >= 0.6 is 27.5 Å². The van der Waals surface area contributed by atoms with Crippen LogP contribution in [0, 0.1) is 0 Å². The maximum atomic E-state index is 12.1. The number of nitrogens with one attached hydrogen (secondary N) is 1. The molecule has 0 aliphatic rings. The van der Waals surface area contributed by atoms with Gasteiger partial charge in [-0.2, -0.15) is 0 Å². The highest BCUT2D eigenvalue weighted by Gasteiger charge is 2.14. The molecule has 0 heterocycles. The molecule has 4 nitrogen and oxygen atoms in total. The zero-order valence-corrected chi connectivity index (χ0v) is 12.8. The number of carbonyl (C=O) groups is 1. The van der Waals surface area contributed by atoms with Gasteiger partial charge in [0.2, 0.25) is 0 Å². The zero-order chi connectivity index (χ0) is 14.7. The van der Waals surface area contributed by atoms with Crippen LogP contribution in [0.25, 0.3) is 0 Å². The van der Waals surface area contributed by atoms with Gasteiger partial charge in [-0.3, -0.25) is 4.79 Å². The van der Waals surface area contributed by atoms with E-state index in [1.165, 1.54) is 19.2 Å². The van der Waals surface area contributed by atoms with Gasteiger partial charge in [-0.25, -0.2) is 0 Å². The number of phenols is 1. The topological polar surface area (TPSA) is 58.6 Å². The van der Waals surface area contributed by atoms with Crippen molar-refractivity contribution in [3.8, 4) is 11.5 Å². The number of halogens is 2. The zero-order valence-electron chi connectivity index (χ0n) is 10.5. The van der Waals surface area contributed by atoms with Crippen molar-refractivity contribution in [3.05, 3.63) is 51.5 Å². The fourth-order valence-electron chi connectivity index (χ4n) is 1.60. The summed E-state index contributed by atoms with van der Waals surface area (Å²) in [6.45, 7) is 0. The third kappa shape index (κ3) is 3.23. The number of ether oxygens (including phenoxy) is 1. The number of phenolic OH excluding ortho intramolecular Hbond substituents is 1. The van der Waals surface area contributed by atoms with E-state index < -0.39 is 5.91 Å². The maximum Gasteiger partial charge on any atom is 0.259 e. The van der Waals surface area contributed by atoms with Gasteiger partial charge in [-0.05, 0) is 36.4 Å². The van der Waals surface area contributed by atoms with Gasteiger partial charge in [0.25, 0.3) is 5.91 Å². The molecule has 0 bridgehead atoms. The van der Waals surface area contributed by atoms with Gasteiger partial charge in [0, 0.05) is 4.47 Å². The fraction of sp³-hybridized carbons (Fsp3) is 0.0714. The van der Waals surface area contributed by atoms with Gasteiger partial charge in [0.15, 0.2) is 0 Å². The molecule has 0 fully saturated rings. The standard InChI is InChI=1S/C14H11BrClNO3/c1-20-9-3-5-13(18)10(7-9)14(19)17-12-4-2-8(15)6-11(12)16/h2-7,18H,1H3,(H,17,19). The van der Waals surface area contributed by atoms with E-state index in [1.54, 1.807) is 24.3 Å². The van der Waals surface area contributed by atoms with Gasteiger partial charge in [-0.15, -0.1) is 0 Å². The van der Waals surface area contributed by atoms with Crippen LogP contribution in [0.4, 0.5) is 5.69 Å². The maximum absolute atomic E-state index is 12.1. The molecule has 6 heteroatoms. The lowest BCUT2D eigenvalue weighted by Crippen LogP contribution is -2.12. The minimum Gasteiger partial charge on any atom is -0.507 e. The van der Waals surface area contributed by atoms with E-state index in [1.807, 2.05) is 0 Å². The Morgan fingerprint density at radius 3 is 2.70 bits per heavy atom. The Morgan fingerprint density at radius 1 is 1.30 bits per heavy atom. The summed E-state index contributed by atoms with van der Waals surface area (Å²) < 4.78 is 5.84. The molecule has 2 rings (SSSR count). The molecule has 2 aromatic carbocycles. The molecule has 2 aromatic rings. The van der Waals surface area contributed by atoms with Crippen LogP contribution in [0.3, 0.4) is 0 Å². The first-order valence-electron chi connectivity index (χ1n) is 5.64. The lowest BCUT2D eigenvalue weighted by Gasteiger charge is -2.10. The first kappa shape index (κ1) is 14.7. The molecule has 0 aromatic heterocycles. The van der Waals surface area contributed by atoms with Gasteiger partial charge < -0.3 is 15.2 Å². The third-order valence-corrected chi connectivity index (χ3v) is 3.43. The molecule has 0 aliphatic carbocycles. The van der Waals surface area contributed by atoms with Crippen LogP contribution in [-0.2, 0) is 0 Å². The molecular formula is C14H11BrClNO3. The lowest BCUT2D eigenvalue weighted by molar-refractivity contribution is 0.102. The number of amides is 1. The highest BCUT2D eigenvalue weighted by molar-refractivity contribution is 9.10. The average Bonchev–Trinajstić information content (AvgIpc) is 2.42. The van der Waals surface area contributed by atoms with Crippen molar-refractivity contribution in [1.29, 1.82) is 0 Å². The number of carbonyl (C=O) groups excluding carboxylic acids is 1. The largest absolute Gasteiger partial charge is 0.507 e. The fourth-order valence-corrected chi connectivity index (χ4v) is 2.33. The quantitative estimate of drug-likeness (QED) is 0.871. The lowest BCUT2D eigenvalue weighted by atomic mass is 10.1. The molecule has 0 unspecified atom stereocenters. The Labute approximate surface area is 129 Å². The third-order valence-electron chi connectivity index (χ3n) is 2.63. The number of hydrogen-bond donors (Lipinski definition) is 2. The van der Waals surface area contributed by atoms with Gasteiger partial charge in [0.1, 0.15) is 11.5 Å². The van der Waals surface area contributed by atoms with E-state index in [0.29, 0.717) is 16.5 Å². The molecule has 20 heavy (non-hydrogen) atoms. The van der Waals surface area contributed by atoms with Crippen molar-refractivity contribution in [1.82, 2.24) is 0 Å². The summed E-state index contributed by atoms with van der Waals surface area (Å²) in [5.74, 6) is -0.114. The summed E-state index contributed by atoms with van der Waals surface area (Å²) in [6, 6.07) is 9.52. The van der Waals surface area contributed by atoms with Crippen molar-refractivity contribution in [3.63, 3.8) is 0 Å². The molecule has 0 saturated carbocycles. The van der Waals surface area contributed by atoms with Crippen LogP contribution in [0.5, 0.6) is 11.5 Å². The number of rotatable bonds is 3. The number of aromatic hydroxyl groups is 1. The smallest absolute Gasteiger partial charge is 0.259 e. The van der Waals surface area contributed by atoms with E-state index in [2.05, 4.69) is 21.2 Å². The molecule has 1 amide bonds. The minimum absolute atomic E-state index is 0.114. The molecule has 104 valence electrons. The summed E-state index contributed by atoms with van der Waals surface area (Å²) in [4.78, 5) is 12.1. The minimum atomic E-state index is -0.467. The Balaban J connectivity index is 2.28. The number of benzene rings is 2. The normalized spacial score (nSPS) is 10.2. The van der Waals surface area contributed by atoms with Gasteiger partial charge in [-0.1, -0.05) is 27.5 Å². The predicted molar refractivity (Wildman–Crippen MR) is 81.8 cm³/mol. The SMILES string of the molecule is COc1ccc(O)c(C(=O)Nc2ccc(Br)cc2Cl)c1. The summed E-state index contributed by atoms with van der Waals surface area (Å²) in [6.07, 6.45) is 0. The number of methoxy groups -OCH3 is 1. The summed E-state index contributed by atoms with van der Waals surface area (Å²) in [5, 5.41) is 12.8. The van der Waals surface area contributed by atoms with E-state index in [4.69, 9.17) is 16.3 Å². The average molecular weight is 357 g/mol. The molecule has 0 radical (unpaired) electrons. The Kier molecular flexibility index (Phi) is 4.52. The second kappa shape index (κ2) is 6.15. The van der Waals surface area contributed by atoms with Crippen molar-refractivity contribution in [2.45, 2.75) is 0 Å². The predicted octanol–water partition coefficient (Wildman–Crippen LogP) is 4.07. The van der Waals surface area contributed by atoms with Crippen molar-refractivity contribution < 1.29 is 14.6 Å². The van der Waals surface area contributed by atoms with Crippen LogP contribution in [0.1, 0.15) is 10.4 Å². The van der Waals surface area contributed by atoms with E-state index in [9.17, 15) is 9.90 Å². The highest BCUT2D eigenvalue weighted by atomic mass is 79.9. The summed E-state index contributed by atoms with van der Waals surface area (Å²) >= 11 is 9.31. The van der Waals surface area contributed by atoms with Gasteiger partial charge in [0.05, 0.1) is 23.4 Å². The van der Waals surface area contributed by atoms with E-state index in [-0.39, 0.29) is 11.3 Å². The van der Waals surface area contributed by atoms with Crippen LogP contribution in [-0.4, -0.2) is 18.1 Å². The van der Waals surface area contributed by atoms with Crippen LogP contribution < -0.4 is 10.1 Å². The second-order valence-corrected chi connectivity index (χ2v) is 5.28.